The van der Waals surface area contributed by atoms with E-state index in [0.717, 1.165) is 12.8 Å². The van der Waals surface area contributed by atoms with Crippen molar-refractivity contribution in [2.45, 2.75) is 44.6 Å². The molecular weight excluding hydrogens is 230 g/mol. The summed E-state index contributed by atoms with van der Waals surface area (Å²) in [7, 11) is 0. The van der Waals surface area contributed by atoms with Crippen molar-refractivity contribution >= 4 is 5.91 Å². The zero-order valence-corrected chi connectivity index (χ0v) is 10.9. The van der Waals surface area contributed by atoms with Crippen molar-refractivity contribution in [3.8, 4) is 6.07 Å². The van der Waals surface area contributed by atoms with Gasteiger partial charge in [-0.3, -0.25) is 9.69 Å². The maximum atomic E-state index is 11.7. The van der Waals surface area contributed by atoms with Crippen LogP contribution in [0.3, 0.4) is 0 Å². The summed E-state index contributed by atoms with van der Waals surface area (Å²) < 4.78 is 0. The van der Waals surface area contributed by atoms with E-state index in [4.69, 9.17) is 10.4 Å². The lowest BCUT2D eigenvalue weighted by Gasteiger charge is -2.33. The van der Waals surface area contributed by atoms with E-state index < -0.39 is 0 Å². The van der Waals surface area contributed by atoms with Gasteiger partial charge in [-0.05, 0) is 12.8 Å². The number of amides is 1. The molecule has 0 spiro atoms. The van der Waals surface area contributed by atoms with E-state index in [0.29, 0.717) is 32.1 Å². The Morgan fingerprint density at radius 3 is 2.72 bits per heavy atom. The molecule has 1 aliphatic carbocycles. The van der Waals surface area contributed by atoms with E-state index in [1.807, 2.05) is 6.07 Å². The summed E-state index contributed by atoms with van der Waals surface area (Å²) in [4.78, 5) is 13.8. The van der Waals surface area contributed by atoms with Crippen molar-refractivity contribution in [3.63, 3.8) is 0 Å². The van der Waals surface area contributed by atoms with Gasteiger partial charge in [-0.1, -0.05) is 19.3 Å². The molecule has 0 aromatic heterocycles. The molecule has 0 radical (unpaired) electrons. The number of hydrogen-bond donors (Lipinski definition) is 2. The summed E-state index contributed by atoms with van der Waals surface area (Å²) >= 11 is 0. The third-order valence-electron chi connectivity index (χ3n) is 3.38. The highest BCUT2D eigenvalue weighted by Gasteiger charge is 2.22. The Balaban J connectivity index is 2.36. The zero-order valence-electron chi connectivity index (χ0n) is 10.9. The molecule has 1 aliphatic rings. The van der Waals surface area contributed by atoms with E-state index in [2.05, 4.69) is 10.2 Å². The Bertz CT molecular complexity index is 282. The fourth-order valence-electron chi connectivity index (χ4n) is 2.46. The molecule has 1 saturated carbocycles. The van der Waals surface area contributed by atoms with Crippen molar-refractivity contribution in [3.05, 3.63) is 0 Å². The van der Waals surface area contributed by atoms with Crippen molar-refractivity contribution in [1.82, 2.24) is 10.2 Å². The molecule has 0 aliphatic heterocycles. The number of aliphatic hydroxyl groups is 1. The number of rotatable bonds is 7. The lowest BCUT2D eigenvalue weighted by Crippen LogP contribution is -2.45. The van der Waals surface area contributed by atoms with Crippen LogP contribution in [0.4, 0.5) is 0 Å². The molecule has 0 atom stereocenters. The number of carbonyl (C=O) groups is 1. The Kier molecular flexibility index (Phi) is 7.38. The van der Waals surface area contributed by atoms with Crippen LogP contribution in [0.15, 0.2) is 0 Å². The molecule has 2 N–H and O–H groups in total. The van der Waals surface area contributed by atoms with Crippen LogP contribution in [0.2, 0.25) is 0 Å². The van der Waals surface area contributed by atoms with Crippen LogP contribution < -0.4 is 5.32 Å². The molecule has 1 fully saturated rings. The normalized spacial score (nSPS) is 16.5. The first kappa shape index (κ1) is 14.9. The second-order valence-corrected chi connectivity index (χ2v) is 4.74. The average molecular weight is 253 g/mol. The molecule has 5 heteroatoms. The number of nitrogens with one attached hydrogen (secondary N) is 1. The molecule has 0 bridgehead atoms. The van der Waals surface area contributed by atoms with Gasteiger partial charge < -0.3 is 10.4 Å². The summed E-state index contributed by atoms with van der Waals surface area (Å²) in [6, 6.07) is 2.42. The van der Waals surface area contributed by atoms with Crippen molar-refractivity contribution in [2.75, 3.05) is 26.2 Å². The smallest absolute Gasteiger partial charge is 0.234 e. The molecule has 1 amide bonds. The van der Waals surface area contributed by atoms with Crippen LogP contribution in [0.25, 0.3) is 0 Å². The minimum atomic E-state index is -0.0516. The third kappa shape index (κ3) is 5.48. The van der Waals surface area contributed by atoms with Crippen LogP contribution in [0.1, 0.15) is 38.5 Å². The molecule has 18 heavy (non-hydrogen) atoms. The SMILES string of the molecule is N#CCCNC(=O)CN(CCO)C1CCCCC1. The van der Waals surface area contributed by atoms with E-state index in [-0.39, 0.29) is 12.5 Å². The highest BCUT2D eigenvalue weighted by molar-refractivity contribution is 5.78. The Morgan fingerprint density at radius 2 is 2.11 bits per heavy atom. The van der Waals surface area contributed by atoms with Crippen LogP contribution >= 0.6 is 0 Å². The highest BCUT2D eigenvalue weighted by Crippen LogP contribution is 2.22. The number of nitrogens with zero attached hydrogens (tertiary/aromatic N) is 2. The number of hydrogen-bond acceptors (Lipinski definition) is 4. The van der Waals surface area contributed by atoms with Crippen molar-refractivity contribution < 1.29 is 9.90 Å². The van der Waals surface area contributed by atoms with Gasteiger partial charge in [-0.25, -0.2) is 0 Å². The summed E-state index contributed by atoms with van der Waals surface area (Å²) in [6.07, 6.45) is 6.27. The Hall–Kier alpha value is -1.12. The van der Waals surface area contributed by atoms with Gasteiger partial charge in [0.15, 0.2) is 0 Å². The summed E-state index contributed by atoms with van der Waals surface area (Å²) in [5, 5.41) is 20.2. The molecule has 5 nitrogen and oxygen atoms in total. The van der Waals surface area contributed by atoms with Gasteiger partial charge in [-0.2, -0.15) is 5.26 Å². The third-order valence-corrected chi connectivity index (χ3v) is 3.38. The fourth-order valence-corrected chi connectivity index (χ4v) is 2.46. The molecule has 0 aromatic carbocycles. The number of aliphatic hydroxyl groups excluding tert-OH is 1. The quantitative estimate of drug-likeness (QED) is 0.653. The van der Waals surface area contributed by atoms with E-state index in [9.17, 15) is 4.79 Å². The summed E-state index contributed by atoms with van der Waals surface area (Å²) in [5.41, 5.74) is 0. The van der Waals surface area contributed by atoms with Gasteiger partial charge >= 0.3 is 0 Å². The van der Waals surface area contributed by atoms with E-state index >= 15 is 0 Å². The minimum Gasteiger partial charge on any atom is -0.395 e. The van der Waals surface area contributed by atoms with Gasteiger partial charge in [-0.15, -0.1) is 0 Å². The number of carbonyl (C=O) groups excluding carboxylic acids is 1. The molecule has 0 unspecified atom stereocenters. The lowest BCUT2D eigenvalue weighted by atomic mass is 9.94. The monoisotopic (exact) mass is 253 g/mol. The fraction of sp³-hybridized carbons (Fsp3) is 0.846. The molecular formula is C13H23N3O2. The lowest BCUT2D eigenvalue weighted by molar-refractivity contribution is -0.123. The zero-order chi connectivity index (χ0) is 13.2. The summed E-state index contributed by atoms with van der Waals surface area (Å²) in [6.45, 7) is 1.38. The molecule has 102 valence electrons. The van der Waals surface area contributed by atoms with Crippen LogP contribution in [-0.2, 0) is 4.79 Å². The van der Waals surface area contributed by atoms with E-state index in [1.165, 1.54) is 19.3 Å². The first-order valence-corrected chi connectivity index (χ1v) is 6.76. The van der Waals surface area contributed by atoms with Crippen LogP contribution in [0.5, 0.6) is 0 Å². The van der Waals surface area contributed by atoms with E-state index in [1.54, 1.807) is 0 Å². The Labute approximate surface area is 109 Å². The first-order valence-electron chi connectivity index (χ1n) is 6.76. The van der Waals surface area contributed by atoms with Gasteiger partial charge in [0.1, 0.15) is 0 Å². The minimum absolute atomic E-state index is 0.0516. The van der Waals surface area contributed by atoms with Crippen LogP contribution in [-0.4, -0.2) is 48.2 Å². The van der Waals surface area contributed by atoms with Crippen molar-refractivity contribution in [1.29, 1.82) is 5.26 Å². The molecule has 0 saturated heterocycles. The maximum Gasteiger partial charge on any atom is 0.234 e. The molecule has 1 rings (SSSR count). The molecule has 0 heterocycles. The number of nitriles is 1. The average Bonchev–Trinajstić information content (AvgIpc) is 2.39. The van der Waals surface area contributed by atoms with Gasteiger partial charge in [0.2, 0.25) is 5.91 Å². The highest BCUT2D eigenvalue weighted by atomic mass is 16.3. The maximum absolute atomic E-state index is 11.7. The topological polar surface area (TPSA) is 76.4 Å². The molecule has 0 aromatic rings. The van der Waals surface area contributed by atoms with Crippen molar-refractivity contribution in [2.24, 2.45) is 0 Å². The Morgan fingerprint density at radius 1 is 1.39 bits per heavy atom. The second-order valence-electron chi connectivity index (χ2n) is 4.74. The second kappa shape index (κ2) is 8.90. The first-order chi connectivity index (χ1) is 8.77. The van der Waals surface area contributed by atoms with Gasteiger partial charge in [0.05, 0.1) is 25.6 Å². The largest absolute Gasteiger partial charge is 0.395 e. The predicted molar refractivity (Wildman–Crippen MR) is 68.8 cm³/mol. The predicted octanol–water partition coefficient (Wildman–Crippen LogP) is 0.643. The standard InChI is InChI=1S/C13H23N3O2/c14-7-4-8-15-13(18)11-16(9-10-17)12-5-2-1-3-6-12/h12,17H,1-6,8-11H2,(H,15,18). The van der Waals surface area contributed by atoms with Crippen LogP contribution in [0, 0.1) is 11.3 Å². The summed E-state index contributed by atoms with van der Waals surface area (Å²) in [5.74, 6) is -0.0516. The van der Waals surface area contributed by atoms with Gasteiger partial charge in [0.25, 0.3) is 0 Å². The van der Waals surface area contributed by atoms with Gasteiger partial charge in [0, 0.05) is 19.1 Å².